The van der Waals surface area contributed by atoms with Crippen molar-refractivity contribution < 1.29 is 9.53 Å². The first-order valence-electron chi connectivity index (χ1n) is 4.49. The molecule has 0 fully saturated rings. The number of rotatable bonds is 5. The van der Waals surface area contributed by atoms with Crippen LogP contribution in [-0.2, 0) is 9.53 Å². The summed E-state index contributed by atoms with van der Waals surface area (Å²) in [5.41, 5.74) is 0. The van der Waals surface area contributed by atoms with Crippen molar-refractivity contribution in [3.05, 3.63) is 0 Å². The largest absolute Gasteiger partial charge is 0.469 e. The number of carbonyl (C=O) groups is 1. The molecule has 78 valence electrons. The number of carbonyl (C=O) groups excluding carboxylic acids is 1. The fraction of sp³-hybridized carbons (Fsp3) is 0.889. The van der Waals surface area contributed by atoms with Crippen LogP contribution in [0.25, 0.3) is 0 Å². The highest BCUT2D eigenvalue weighted by Gasteiger charge is 2.14. The Kier molecular flexibility index (Phi) is 6.16. The zero-order chi connectivity index (χ0) is 10.4. The molecule has 0 aromatic carbocycles. The summed E-state index contributed by atoms with van der Waals surface area (Å²) in [6.07, 6.45) is 0.430. The van der Waals surface area contributed by atoms with Gasteiger partial charge in [0.15, 0.2) is 0 Å². The fourth-order valence-electron chi connectivity index (χ4n) is 1.20. The van der Waals surface area contributed by atoms with Crippen molar-refractivity contribution in [2.75, 3.05) is 13.7 Å². The van der Waals surface area contributed by atoms with E-state index in [4.69, 9.17) is 0 Å². The highest BCUT2D eigenvalue weighted by molar-refractivity contribution is 7.80. The number of esters is 1. The number of thiol groups is 1. The van der Waals surface area contributed by atoms with Crippen LogP contribution >= 0.6 is 12.6 Å². The Bertz CT molecular complexity index is 152. The van der Waals surface area contributed by atoms with Crippen molar-refractivity contribution in [2.24, 2.45) is 0 Å². The molecular weight excluding hydrogens is 186 g/mol. The van der Waals surface area contributed by atoms with Crippen molar-refractivity contribution in [1.29, 1.82) is 0 Å². The second kappa shape index (κ2) is 6.27. The topological polar surface area (TPSA) is 29.5 Å². The minimum Gasteiger partial charge on any atom is -0.469 e. The van der Waals surface area contributed by atoms with Crippen LogP contribution in [0.15, 0.2) is 0 Å². The Labute approximate surface area is 85.8 Å². The summed E-state index contributed by atoms with van der Waals surface area (Å²) in [6.45, 7) is 6.88. The predicted molar refractivity (Wildman–Crippen MR) is 56.9 cm³/mol. The third kappa shape index (κ3) is 5.16. The van der Waals surface area contributed by atoms with Gasteiger partial charge in [-0.15, -0.1) is 0 Å². The molecule has 0 aromatic rings. The summed E-state index contributed by atoms with van der Waals surface area (Å²) in [7, 11) is 1.41. The van der Waals surface area contributed by atoms with Gasteiger partial charge in [-0.1, -0.05) is 0 Å². The normalized spacial score (nSPS) is 13.5. The van der Waals surface area contributed by atoms with Gasteiger partial charge in [0.25, 0.3) is 0 Å². The highest BCUT2D eigenvalue weighted by atomic mass is 32.1. The van der Waals surface area contributed by atoms with E-state index >= 15 is 0 Å². The summed E-state index contributed by atoms with van der Waals surface area (Å²) < 4.78 is 4.57. The summed E-state index contributed by atoms with van der Waals surface area (Å²) in [6, 6.07) is 0.400. The van der Waals surface area contributed by atoms with Crippen LogP contribution < -0.4 is 0 Å². The number of ether oxygens (including phenoxy) is 1. The van der Waals surface area contributed by atoms with Gasteiger partial charge in [-0.3, -0.25) is 9.69 Å². The summed E-state index contributed by atoms with van der Waals surface area (Å²) in [5, 5.41) is 0.171. The summed E-state index contributed by atoms with van der Waals surface area (Å²) in [4.78, 5) is 13.0. The first-order valence-corrected chi connectivity index (χ1v) is 5.01. The SMILES string of the molecule is COC(=O)CCN(C(C)C)[C@H](C)S. The second-order valence-electron chi connectivity index (χ2n) is 3.29. The van der Waals surface area contributed by atoms with Crippen LogP contribution in [-0.4, -0.2) is 35.9 Å². The van der Waals surface area contributed by atoms with Crippen molar-refractivity contribution in [1.82, 2.24) is 4.90 Å². The van der Waals surface area contributed by atoms with Gasteiger partial charge in [-0.25, -0.2) is 0 Å². The molecule has 0 amide bonds. The molecule has 0 aliphatic rings. The van der Waals surface area contributed by atoms with Crippen LogP contribution in [0.5, 0.6) is 0 Å². The lowest BCUT2D eigenvalue weighted by molar-refractivity contribution is -0.141. The molecule has 0 spiro atoms. The average Bonchev–Trinajstić information content (AvgIpc) is 2.03. The molecule has 4 heteroatoms. The molecule has 0 aliphatic carbocycles. The van der Waals surface area contributed by atoms with E-state index in [0.29, 0.717) is 19.0 Å². The molecule has 0 heterocycles. The molecule has 0 unspecified atom stereocenters. The predicted octanol–water partition coefficient (Wildman–Crippen LogP) is 1.54. The molecule has 0 rings (SSSR count). The quantitative estimate of drug-likeness (QED) is 0.419. The van der Waals surface area contributed by atoms with Gasteiger partial charge in [-0.05, 0) is 20.8 Å². The monoisotopic (exact) mass is 205 g/mol. The lowest BCUT2D eigenvalue weighted by Crippen LogP contribution is -2.37. The van der Waals surface area contributed by atoms with E-state index in [-0.39, 0.29) is 11.3 Å². The molecule has 1 atom stereocenters. The van der Waals surface area contributed by atoms with Crippen LogP contribution in [0, 0.1) is 0 Å². The molecule has 3 nitrogen and oxygen atoms in total. The Morgan fingerprint density at radius 2 is 2.00 bits per heavy atom. The third-order valence-electron chi connectivity index (χ3n) is 1.95. The Morgan fingerprint density at radius 1 is 1.46 bits per heavy atom. The van der Waals surface area contributed by atoms with Gasteiger partial charge in [0.05, 0.1) is 18.9 Å². The number of hydrogen-bond acceptors (Lipinski definition) is 4. The maximum Gasteiger partial charge on any atom is 0.306 e. The van der Waals surface area contributed by atoms with E-state index in [9.17, 15) is 4.79 Å². The van der Waals surface area contributed by atoms with Crippen molar-refractivity contribution in [3.63, 3.8) is 0 Å². The van der Waals surface area contributed by atoms with Crippen LogP contribution in [0.2, 0.25) is 0 Å². The number of methoxy groups -OCH3 is 1. The van der Waals surface area contributed by atoms with E-state index < -0.39 is 0 Å². The van der Waals surface area contributed by atoms with Crippen molar-refractivity contribution in [2.45, 2.75) is 38.6 Å². The molecule has 13 heavy (non-hydrogen) atoms. The van der Waals surface area contributed by atoms with Crippen LogP contribution in [0.1, 0.15) is 27.2 Å². The maximum absolute atomic E-state index is 10.9. The van der Waals surface area contributed by atoms with Crippen LogP contribution in [0.3, 0.4) is 0 Å². The van der Waals surface area contributed by atoms with E-state index in [0.717, 1.165) is 0 Å². The molecule has 0 saturated heterocycles. The van der Waals surface area contributed by atoms with Gasteiger partial charge in [0.1, 0.15) is 0 Å². The molecule has 0 aliphatic heterocycles. The maximum atomic E-state index is 10.9. The zero-order valence-corrected chi connectivity index (χ0v) is 9.67. The van der Waals surface area contributed by atoms with Gasteiger partial charge in [0.2, 0.25) is 0 Å². The molecule has 0 radical (unpaired) electrons. The van der Waals surface area contributed by atoms with Gasteiger partial charge >= 0.3 is 5.97 Å². The molecular formula is C9H19NO2S. The molecule has 0 aromatic heterocycles. The molecule has 0 saturated carbocycles. The first kappa shape index (κ1) is 12.8. The van der Waals surface area contributed by atoms with Gasteiger partial charge in [0, 0.05) is 12.6 Å². The Hall–Kier alpha value is -0.220. The summed E-state index contributed by atoms with van der Waals surface area (Å²) in [5.74, 6) is -0.167. The van der Waals surface area contributed by atoms with E-state index in [2.05, 4.69) is 36.1 Å². The summed E-state index contributed by atoms with van der Waals surface area (Å²) >= 11 is 4.34. The molecule has 0 N–H and O–H groups in total. The zero-order valence-electron chi connectivity index (χ0n) is 8.78. The van der Waals surface area contributed by atoms with Gasteiger partial charge in [-0.2, -0.15) is 12.6 Å². The van der Waals surface area contributed by atoms with Crippen molar-refractivity contribution >= 4 is 18.6 Å². The first-order chi connectivity index (χ1) is 5.99. The number of nitrogens with zero attached hydrogens (tertiary/aromatic N) is 1. The Morgan fingerprint density at radius 3 is 2.31 bits per heavy atom. The average molecular weight is 205 g/mol. The number of hydrogen-bond donors (Lipinski definition) is 1. The third-order valence-corrected chi connectivity index (χ3v) is 2.24. The minimum atomic E-state index is -0.167. The smallest absolute Gasteiger partial charge is 0.306 e. The standard InChI is InChI=1S/C9H19NO2S/c1-7(2)10(8(3)13)6-5-9(11)12-4/h7-8,13H,5-6H2,1-4H3/t8-/m0/s1. The lowest BCUT2D eigenvalue weighted by atomic mass is 10.3. The van der Waals surface area contributed by atoms with Crippen molar-refractivity contribution in [3.8, 4) is 0 Å². The minimum absolute atomic E-state index is 0.167. The lowest BCUT2D eigenvalue weighted by Gasteiger charge is -2.29. The Balaban J connectivity index is 3.90. The highest BCUT2D eigenvalue weighted by Crippen LogP contribution is 2.09. The van der Waals surface area contributed by atoms with E-state index in [1.807, 2.05) is 6.92 Å². The molecule has 0 bridgehead atoms. The second-order valence-corrected chi connectivity index (χ2v) is 4.04. The fourth-order valence-corrected chi connectivity index (χ4v) is 1.58. The van der Waals surface area contributed by atoms with Gasteiger partial charge < -0.3 is 4.74 Å². The van der Waals surface area contributed by atoms with E-state index in [1.165, 1.54) is 7.11 Å². The van der Waals surface area contributed by atoms with E-state index in [1.54, 1.807) is 0 Å². The van der Waals surface area contributed by atoms with Crippen LogP contribution in [0.4, 0.5) is 0 Å².